The van der Waals surface area contributed by atoms with Crippen LogP contribution in [0.4, 0.5) is 35.5 Å². The van der Waals surface area contributed by atoms with Gasteiger partial charge in [0, 0.05) is 43.5 Å². The number of aromatic nitrogens is 3. The summed E-state index contributed by atoms with van der Waals surface area (Å²) in [5.41, 5.74) is 1.73. The zero-order valence-corrected chi connectivity index (χ0v) is 25.1. The van der Waals surface area contributed by atoms with Gasteiger partial charge in [0.2, 0.25) is 11.9 Å². The van der Waals surface area contributed by atoms with E-state index in [0.29, 0.717) is 49.7 Å². The fourth-order valence-corrected chi connectivity index (χ4v) is 4.24. The van der Waals surface area contributed by atoms with E-state index in [4.69, 9.17) is 9.47 Å². The van der Waals surface area contributed by atoms with Gasteiger partial charge in [-0.3, -0.25) is 4.79 Å². The van der Waals surface area contributed by atoms with Crippen molar-refractivity contribution in [1.82, 2.24) is 30.5 Å². The number of nitrogens with zero attached hydrogens (tertiary/aromatic N) is 4. The van der Waals surface area contributed by atoms with Crippen LogP contribution < -0.4 is 30.7 Å². The number of anilines is 3. The van der Waals surface area contributed by atoms with E-state index >= 15 is 0 Å². The van der Waals surface area contributed by atoms with Gasteiger partial charge >= 0.3 is 18.2 Å². The van der Waals surface area contributed by atoms with Gasteiger partial charge in [-0.25, -0.2) is 4.79 Å². The number of benzene rings is 2. The molecule has 2 aromatic carbocycles. The van der Waals surface area contributed by atoms with Crippen molar-refractivity contribution in [2.45, 2.75) is 51.9 Å². The molecule has 0 saturated heterocycles. The molecule has 0 radical (unpaired) electrons. The lowest BCUT2D eigenvalue weighted by Gasteiger charge is -2.24. The Hall–Kier alpha value is -4.82. The number of fused-ring (bicyclic) bond motifs is 2. The molecule has 3 aliphatic heterocycles. The Balaban J connectivity index is 1.51. The summed E-state index contributed by atoms with van der Waals surface area (Å²) in [6.45, 7) is 4.36. The van der Waals surface area contributed by atoms with Gasteiger partial charge < -0.3 is 35.6 Å². The summed E-state index contributed by atoms with van der Waals surface area (Å²) in [5, 5.41) is 11.7. The number of halogens is 3. The summed E-state index contributed by atoms with van der Waals surface area (Å²) in [7, 11) is 0. The predicted molar refractivity (Wildman–Crippen MR) is 162 cm³/mol. The van der Waals surface area contributed by atoms with Gasteiger partial charge in [0.25, 0.3) is 5.91 Å². The van der Waals surface area contributed by atoms with Crippen molar-refractivity contribution in [2.75, 3.05) is 43.5 Å². The number of carbonyl (C=O) groups excluding carboxylic acids is 2. The van der Waals surface area contributed by atoms with E-state index in [1.807, 2.05) is 38.1 Å². The molecular weight excluding hydrogens is 593 g/mol. The number of alkyl halides is 3. The second-order valence-corrected chi connectivity index (χ2v) is 10.6. The molecule has 45 heavy (non-hydrogen) atoms. The fraction of sp³-hybridized carbons (Fsp3) is 0.433. The van der Waals surface area contributed by atoms with Crippen LogP contribution in [-0.2, 0) is 6.54 Å². The van der Waals surface area contributed by atoms with Crippen LogP contribution in [0.5, 0.6) is 11.8 Å². The maximum absolute atomic E-state index is 12.8. The Kier molecular flexibility index (Phi) is 11.6. The molecule has 242 valence electrons. The first-order valence-corrected chi connectivity index (χ1v) is 14.7. The Bertz CT molecular complexity index is 1410. The molecule has 0 atom stereocenters. The normalized spacial score (nSPS) is 15.2. The molecule has 3 amide bonds. The van der Waals surface area contributed by atoms with E-state index in [0.717, 1.165) is 18.4 Å². The van der Waals surface area contributed by atoms with Crippen LogP contribution in [0, 0.1) is 0 Å². The molecule has 15 heteroatoms. The fourth-order valence-electron chi connectivity index (χ4n) is 4.24. The lowest BCUT2D eigenvalue weighted by molar-refractivity contribution is -0.154. The highest BCUT2D eigenvalue weighted by Gasteiger charge is 2.29. The topological polar surface area (TPSA) is 143 Å². The number of hydrogen-bond acceptors (Lipinski definition) is 9. The van der Waals surface area contributed by atoms with Crippen LogP contribution >= 0.6 is 0 Å². The zero-order chi connectivity index (χ0) is 32.2. The number of amides is 3. The van der Waals surface area contributed by atoms with Crippen LogP contribution in [0.1, 0.15) is 49.0 Å². The molecule has 4 heterocycles. The average molecular weight is 631 g/mol. The second-order valence-electron chi connectivity index (χ2n) is 10.6. The van der Waals surface area contributed by atoms with Gasteiger partial charge in [-0.05, 0) is 75.1 Å². The largest absolute Gasteiger partial charge is 0.494 e. The molecule has 4 N–H and O–H groups in total. The van der Waals surface area contributed by atoms with E-state index in [1.54, 1.807) is 29.2 Å². The lowest BCUT2D eigenvalue weighted by atomic mass is 10.2. The van der Waals surface area contributed by atoms with E-state index < -0.39 is 18.8 Å². The van der Waals surface area contributed by atoms with Crippen LogP contribution in [-0.4, -0.2) is 76.9 Å². The van der Waals surface area contributed by atoms with Crippen molar-refractivity contribution < 1.29 is 32.2 Å². The number of nitrogens with one attached hydrogen (secondary N) is 4. The molecule has 1 aromatic heterocycles. The minimum atomic E-state index is -4.58. The molecule has 6 rings (SSSR count). The molecule has 0 fully saturated rings. The first-order valence-electron chi connectivity index (χ1n) is 14.7. The van der Waals surface area contributed by atoms with Gasteiger partial charge in [-0.1, -0.05) is 12.1 Å². The van der Waals surface area contributed by atoms with Gasteiger partial charge in [0.1, 0.15) is 5.75 Å². The molecule has 12 nitrogen and oxygen atoms in total. The Morgan fingerprint density at radius 1 is 0.978 bits per heavy atom. The van der Waals surface area contributed by atoms with E-state index in [2.05, 4.69) is 36.2 Å². The molecular formula is C30H37F3N8O4. The van der Waals surface area contributed by atoms with Gasteiger partial charge in [-0.15, -0.1) is 0 Å². The third kappa shape index (κ3) is 11.3. The summed E-state index contributed by atoms with van der Waals surface area (Å²) in [5.74, 6) is 0.336. The monoisotopic (exact) mass is 630 g/mol. The zero-order valence-electron chi connectivity index (χ0n) is 25.1. The van der Waals surface area contributed by atoms with Crippen LogP contribution in [0.3, 0.4) is 0 Å². The molecule has 0 spiro atoms. The van der Waals surface area contributed by atoms with Crippen molar-refractivity contribution in [3.63, 3.8) is 0 Å². The lowest BCUT2D eigenvalue weighted by Crippen LogP contribution is -2.44. The van der Waals surface area contributed by atoms with Gasteiger partial charge in [0.15, 0.2) is 6.61 Å². The van der Waals surface area contributed by atoms with Crippen LogP contribution in [0.2, 0.25) is 0 Å². The highest BCUT2D eigenvalue weighted by molar-refractivity contribution is 5.94. The van der Waals surface area contributed by atoms with Crippen molar-refractivity contribution >= 4 is 29.5 Å². The molecule has 0 unspecified atom stereocenters. The number of ether oxygens (including phenoxy) is 2. The number of carbonyl (C=O) groups is 2. The smallest absolute Gasteiger partial charge is 0.422 e. The van der Waals surface area contributed by atoms with E-state index in [1.165, 1.54) is 0 Å². The van der Waals surface area contributed by atoms with E-state index in [9.17, 15) is 22.8 Å². The predicted octanol–water partition coefficient (Wildman–Crippen LogP) is 4.88. The maximum Gasteiger partial charge on any atom is 0.422 e. The molecule has 3 aromatic rings. The van der Waals surface area contributed by atoms with Crippen molar-refractivity contribution in [3.05, 3.63) is 59.7 Å². The number of rotatable bonds is 3. The van der Waals surface area contributed by atoms with Crippen molar-refractivity contribution in [3.8, 4) is 11.8 Å². The van der Waals surface area contributed by atoms with Crippen molar-refractivity contribution in [2.24, 2.45) is 0 Å². The standard InChI is InChI=1S/C30H37F3N8O4/c1-20(2)36-29(43)41-15-3-4-17-44-24-12-6-21(7-13-24)18-35-26-38-27(40-28(39-26)45-19-30(31,32)33)37-23-10-8-22(9-11-23)25(42)34-14-5-16-41/h6-13,20H,3-5,14-19H2,1-2H3,(H,34,42)(H,36,43)(H2,35,37,38,39,40). The summed E-state index contributed by atoms with van der Waals surface area (Å²) >= 11 is 0. The third-order valence-electron chi connectivity index (χ3n) is 6.44. The SMILES string of the molecule is CC(C)NC(=O)N1CCCCOc2ccc(cc2)CNc2nc(nc(OCC(F)(F)F)n2)Nc2ccc(cc2)C(=O)NCCC1. The minimum Gasteiger partial charge on any atom is -0.494 e. The number of hydrogen-bond donors (Lipinski definition) is 4. The van der Waals surface area contributed by atoms with Gasteiger partial charge in [0.05, 0.1) is 6.61 Å². The van der Waals surface area contributed by atoms with Crippen molar-refractivity contribution in [1.29, 1.82) is 0 Å². The molecule has 6 bridgehead atoms. The van der Waals surface area contributed by atoms with Crippen LogP contribution in [0.15, 0.2) is 48.5 Å². The summed E-state index contributed by atoms with van der Waals surface area (Å²) in [4.78, 5) is 39.4. The number of urea groups is 1. The first kappa shape index (κ1) is 33.1. The Labute approximate surface area is 259 Å². The maximum atomic E-state index is 12.8. The Morgan fingerprint density at radius 2 is 1.69 bits per heavy atom. The minimum absolute atomic E-state index is 0.000470. The van der Waals surface area contributed by atoms with E-state index in [-0.39, 0.29) is 36.4 Å². The second kappa shape index (κ2) is 15.8. The molecule has 0 saturated carbocycles. The Morgan fingerprint density at radius 3 is 2.40 bits per heavy atom. The first-order chi connectivity index (χ1) is 21.5. The summed E-state index contributed by atoms with van der Waals surface area (Å²) in [6, 6.07) is 13.1. The summed E-state index contributed by atoms with van der Waals surface area (Å²) < 4.78 is 49.0. The van der Waals surface area contributed by atoms with Crippen LogP contribution in [0.25, 0.3) is 0 Å². The quantitative estimate of drug-likeness (QED) is 0.319. The molecule has 3 aliphatic rings. The molecule has 0 aliphatic carbocycles. The third-order valence-corrected chi connectivity index (χ3v) is 6.44. The highest BCUT2D eigenvalue weighted by Crippen LogP contribution is 2.21. The average Bonchev–Trinajstić information content (AvgIpc) is 2.99. The highest BCUT2D eigenvalue weighted by atomic mass is 19.4. The van der Waals surface area contributed by atoms with Gasteiger partial charge in [-0.2, -0.15) is 28.1 Å². The summed E-state index contributed by atoms with van der Waals surface area (Å²) in [6.07, 6.45) is -2.54.